The highest BCUT2D eigenvalue weighted by Gasteiger charge is 2.24. The zero-order chi connectivity index (χ0) is 18.8. The second kappa shape index (κ2) is 10.7. The fraction of sp³-hybridized carbons (Fsp3) is 0.600. The van der Waals surface area contributed by atoms with Crippen LogP contribution in [0.1, 0.15) is 44.6 Å². The number of nitrogens with one attached hydrogen (secondary N) is 2. The molecule has 1 aromatic rings. The summed E-state index contributed by atoms with van der Waals surface area (Å²) in [6, 6.07) is 10.9. The lowest BCUT2D eigenvalue weighted by Gasteiger charge is -2.32. The molecule has 1 amide bonds. The Labute approximate surface area is 157 Å². The van der Waals surface area contributed by atoms with E-state index < -0.39 is 0 Å². The highest BCUT2D eigenvalue weighted by atomic mass is 16.6. The van der Waals surface area contributed by atoms with Gasteiger partial charge in [-0.1, -0.05) is 37.3 Å². The number of aliphatic imine (C=N–C) groups is 1. The van der Waals surface area contributed by atoms with Gasteiger partial charge in [-0.2, -0.15) is 0 Å². The van der Waals surface area contributed by atoms with Crippen LogP contribution in [0.25, 0.3) is 0 Å². The molecule has 0 bridgehead atoms. The number of rotatable bonds is 6. The van der Waals surface area contributed by atoms with Crippen LogP contribution < -0.4 is 10.6 Å². The lowest BCUT2D eigenvalue weighted by Crippen LogP contribution is -2.50. The van der Waals surface area contributed by atoms with E-state index in [0.717, 1.165) is 44.9 Å². The summed E-state index contributed by atoms with van der Waals surface area (Å²) in [5.41, 5.74) is 1.35. The summed E-state index contributed by atoms with van der Waals surface area (Å²) in [5.74, 6) is 1.29. The maximum Gasteiger partial charge on any atom is 0.409 e. The van der Waals surface area contributed by atoms with E-state index in [1.54, 1.807) is 11.9 Å². The number of guanidine groups is 1. The fourth-order valence-electron chi connectivity index (χ4n) is 3.25. The van der Waals surface area contributed by atoms with Crippen LogP contribution in [-0.2, 0) is 4.74 Å². The van der Waals surface area contributed by atoms with E-state index in [-0.39, 0.29) is 6.09 Å². The number of carbonyl (C=O) groups excluding carboxylic acids is 1. The zero-order valence-corrected chi connectivity index (χ0v) is 16.2. The Bertz CT molecular complexity index is 568. The van der Waals surface area contributed by atoms with Gasteiger partial charge in [0.2, 0.25) is 0 Å². The third-order valence-corrected chi connectivity index (χ3v) is 4.87. The Kier molecular flexibility index (Phi) is 8.25. The molecule has 2 rings (SSSR count). The van der Waals surface area contributed by atoms with Gasteiger partial charge in [0.25, 0.3) is 0 Å². The minimum Gasteiger partial charge on any atom is -0.450 e. The smallest absolute Gasteiger partial charge is 0.409 e. The highest BCUT2D eigenvalue weighted by Crippen LogP contribution is 2.18. The Morgan fingerprint density at radius 1 is 1.27 bits per heavy atom. The van der Waals surface area contributed by atoms with Gasteiger partial charge in [0.05, 0.1) is 6.61 Å². The molecule has 1 atom stereocenters. The molecule has 0 radical (unpaired) electrons. The number of carbonyl (C=O) groups is 1. The van der Waals surface area contributed by atoms with Crippen molar-refractivity contribution in [2.45, 2.75) is 45.1 Å². The average molecular weight is 361 g/mol. The van der Waals surface area contributed by atoms with E-state index >= 15 is 0 Å². The zero-order valence-electron chi connectivity index (χ0n) is 16.2. The van der Waals surface area contributed by atoms with Crippen LogP contribution in [0.5, 0.6) is 0 Å². The first-order valence-corrected chi connectivity index (χ1v) is 9.61. The number of ether oxygens (including phenoxy) is 1. The number of hydrogen-bond acceptors (Lipinski definition) is 3. The monoisotopic (exact) mass is 360 g/mol. The lowest BCUT2D eigenvalue weighted by atomic mass is 9.96. The van der Waals surface area contributed by atoms with Crippen molar-refractivity contribution in [2.75, 3.05) is 33.3 Å². The van der Waals surface area contributed by atoms with Gasteiger partial charge < -0.3 is 20.3 Å². The molecule has 0 spiro atoms. The van der Waals surface area contributed by atoms with Gasteiger partial charge in [0.1, 0.15) is 0 Å². The maximum atomic E-state index is 11.8. The van der Waals surface area contributed by atoms with Crippen LogP contribution >= 0.6 is 0 Å². The van der Waals surface area contributed by atoms with E-state index in [9.17, 15) is 4.79 Å². The van der Waals surface area contributed by atoms with Crippen LogP contribution in [0.4, 0.5) is 4.79 Å². The van der Waals surface area contributed by atoms with Crippen molar-refractivity contribution in [2.24, 2.45) is 4.99 Å². The molecule has 0 aliphatic carbocycles. The molecule has 1 unspecified atom stereocenters. The Balaban J connectivity index is 1.78. The number of piperidine rings is 1. The molecular formula is C20H32N4O2. The normalized spacial score (nSPS) is 16.9. The van der Waals surface area contributed by atoms with Crippen LogP contribution in [0.2, 0.25) is 0 Å². The summed E-state index contributed by atoms with van der Waals surface area (Å²) in [6.45, 7) is 6.75. The molecule has 6 nitrogen and oxygen atoms in total. The molecule has 0 saturated carbocycles. The summed E-state index contributed by atoms with van der Waals surface area (Å²) in [4.78, 5) is 17.9. The summed E-state index contributed by atoms with van der Waals surface area (Å²) in [6.07, 6.45) is 2.67. The van der Waals surface area contributed by atoms with Gasteiger partial charge in [-0.25, -0.2) is 4.79 Å². The van der Waals surface area contributed by atoms with Gasteiger partial charge in [-0.3, -0.25) is 4.99 Å². The van der Waals surface area contributed by atoms with Crippen molar-refractivity contribution in [3.8, 4) is 0 Å². The molecule has 144 valence electrons. The Morgan fingerprint density at radius 3 is 2.54 bits per heavy atom. The van der Waals surface area contributed by atoms with Crippen molar-refractivity contribution < 1.29 is 9.53 Å². The number of benzene rings is 1. The minimum atomic E-state index is -0.206. The molecular weight excluding hydrogens is 328 g/mol. The van der Waals surface area contributed by atoms with Gasteiger partial charge >= 0.3 is 6.09 Å². The molecule has 1 fully saturated rings. The third-order valence-electron chi connectivity index (χ3n) is 4.87. The second-order valence-electron chi connectivity index (χ2n) is 6.57. The van der Waals surface area contributed by atoms with Crippen molar-refractivity contribution in [3.05, 3.63) is 35.9 Å². The largest absolute Gasteiger partial charge is 0.450 e. The molecule has 1 heterocycles. The molecule has 1 aromatic carbocycles. The van der Waals surface area contributed by atoms with Gasteiger partial charge in [-0.05, 0) is 31.7 Å². The van der Waals surface area contributed by atoms with E-state index in [1.165, 1.54) is 5.56 Å². The lowest BCUT2D eigenvalue weighted by molar-refractivity contribution is 0.0963. The topological polar surface area (TPSA) is 66.0 Å². The second-order valence-corrected chi connectivity index (χ2v) is 6.57. The van der Waals surface area contributed by atoms with E-state index in [2.05, 4.69) is 46.8 Å². The summed E-state index contributed by atoms with van der Waals surface area (Å²) >= 11 is 0. The SMILES string of the molecule is CCOC(=O)N1CCC(NC(=NC)NCC(CC)c2ccccc2)CC1. The minimum absolute atomic E-state index is 0.206. The predicted molar refractivity (Wildman–Crippen MR) is 106 cm³/mol. The summed E-state index contributed by atoms with van der Waals surface area (Å²) in [5, 5.41) is 6.94. The van der Waals surface area contributed by atoms with Crippen LogP contribution in [-0.4, -0.2) is 56.3 Å². The fourth-order valence-corrected chi connectivity index (χ4v) is 3.25. The molecule has 0 aromatic heterocycles. The van der Waals surface area contributed by atoms with E-state index in [0.29, 0.717) is 18.6 Å². The number of nitrogens with zero attached hydrogens (tertiary/aromatic N) is 2. The van der Waals surface area contributed by atoms with Crippen LogP contribution in [0, 0.1) is 0 Å². The van der Waals surface area contributed by atoms with Crippen molar-refractivity contribution >= 4 is 12.1 Å². The van der Waals surface area contributed by atoms with Crippen LogP contribution in [0.3, 0.4) is 0 Å². The third kappa shape index (κ3) is 5.93. The number of amides is 1. The molecule has 1 saturated heterocycles. The quantitative estimate of drug-likeness (QED) is 0.605. The molecule has 26 heavy (non-hydrogen) atoms. The first kappa shape index (κ1) is 20.1. The van der Waals surface area contributed by atoms with Gasteiger partial charge in [-0.15, -0.1) is 0 Å². The van der Waals surface area contributed by atoms with E-state index in [1.807, 2.05) is 13.0 Å². The Hall–Kier alpha value is -2.24. The summed E-state index contributed by atoms with van der Waals surface area (Å²) in [7, 11) is 1.80. The summed E-state index contributed by atoms with van der Waals surface area (Å²) < 4.78 is 5.07. The number of likely N-dealkylation sites (tertiary alicyclic amines) is 1. The molecule has 2 N–H and O–H groups in total. The van der Waals surface area contributed by atoms with Crippen LogP contribution in [0.15, 0.2) is 35.3 Å². The first-order chi connectivity index (χ1) is 12.7. The highest BCUT2D eigenvalue weighted by molar-refractivity contribution is 5.80. The standard InChI is InChI=1S/C20H32N4O2/c1-4-16(17-9-7-6-8-10-17)15-22-19(21-3)23-18-11-13-24(14-12-18)20(25)26-5-2/h6-10,16,18H,4-5,11-15H2,1-3H3,(H2,21,22,23). The van der Waals surface area contributed by atoms with Gasteiger partial charge in [0.15, 0.2) is 5.96 Å². The molecule has 6 heteroatoms. The van der Waals surface area contributed by atoms with Crippen molar-refractivity contribution in [1.82, 2.24) is 15.5 Å². The number of hydrogen-bond donors (Lipinski definition) is 2. The molecule has 1 aliphatic rings. The van der Waals surface area contributed by atoms with Crippen molar-refractivity contribution in [3.63, 3.8) is 0 Å². The predicted octanol–water partition coefficient (Wildman–Crippen LogP) is 2.97. The van der Waals surface area contributed by atoms with Gasteiger partial charge in [0, 0.05) is 38.6 Å². The maximum absolute atomic E-state index is 11.8. The molecule has 1 aliphatic heterocycles. The van der Waals surface area contributed by atoms with E-state index in [4.69, 9.17) is 4.74 Å². The Morgan fingerprint density at radius 2 is 1.96 bits per heavy atom. The first-order valence-electron chi connectivity index (χ1n) is 9.61. The van der Waals surface area contributed by atoms with Crippen molar-refractivity contribution in [1.29, 1.82) is 0 Å². The average Bonchev–Trinajstić information content (AvgIpc) is 2.69.